The minimum Gasteiger partial charge on any atom is -0.486 e. The zero-order valence-corrected chi connectivity index (χ0v) is 13.5. The van der Waals surface area contributed by atoms with Crippen molar-refractivity contribution in [3.05, 3.63) is 53.9 Å². The molecule has 0 saturated carbocycles. The quantitative estimate of drug-likeness (QED) is 0.790. The van der Waals surface area contributed by atoms with E-state index in [-0.39, 0.29) is 11.6 Å². The Kier molecular flexibility index (Phi) is 3.81. The fourth-order valence-corrected chi connectivity index (χ4v) is 2.51. The zero-order chi connectivity index (χ0) is 17.2. The number of benzene rings is 1. The molecule has 7 heteroatoms. The standard InChI is InChI=1S/C18H15N3O4/c1-11-3-2-4-17(19-11)20-18(22)13-10-15(25-21-13)12-5-6-14-16(9-12)24-8-7-23-14/h2-6,9-10H,7-8H2,1H3,(H,19,20,22). The number of carbonyl (C=O) groups excluding carboxylic acids is 1. The van der Waals surface area contributed by atoms with E-state index in [0.29, 0.717) is 36.3 Å². The van der Waals surface area contributed by atoms with Crippen molar-refractivity contribution in [2.45, 2.75) is 6.92 Å². The molecule has 0 aliphatic carbocycles. The summed E-state index contributed by atoms with van der Waals surface area (Å²) in [5.41, 5.74) is 1.74. The van der Waals surface area contributed by atoms with Crippen LogP contribution in [0.2, 0.25) is 0 Å². The number of aryl methyl sites for hydroxylation is 1. The van der Waals surface area contributed by atoms with Crippen LogP contribution in [0.5, 0.6) is 11.5 Å². The molecule has 0 bridgehead atoms. The number of carbonyl (C=O) groups is 1. The van der Waals surface area contributed by atoms with Crippen LogP contribution in [0.25, 0.3) is 11.3 Å². The lowest BCUT2D eigenvalue weighted by molar-refractivity contribution is 0.101. The molecule has 1 aliphatic heterocycles. The third-order valence-corrected chi connectivity index (χ3v) is 3.70. The van der Waals surface area contributed by atoms with Crippen molar-refractivity contribution in [3.63, 3.8) is 0 Å². The maximum atomic E-state index is 12.3. The van der Waals surface area contributed by atoms with Gasteiger partial charge in [-0.15, -0.1) is 0 Å². The maximum Gasteiger partial charge on any atom is 0.279 e. The molecule has 0 radical (unpaired) electrons. The number of hydrogen-bond acceptors (Lipinski definition) is 6. The second kappa shape index (κ2) is 6.27. The van der Waals surface area contributed by atoms with E-state index in [1.54, 1.807) is 18.2 Å². The molecule has 1 aliphatic rings. The summed E-state index contributed by atoms with van der Waals surface area (Å²) in [6, 6.07) is 12.4. The minimum absolute atomic E-state index is 0.174. The van der Waals surface area contributed by atoms with Crippen molar-refractivity contribution in [2.75, 3.05) is 18.5 Å². The van der Waals surface area contributed by atoms with Gasteiger partial charge < -0.3 is 19.3 Å². The van der Waals surface area contributed by atoms with E-state index in [4.69, 9.17) is 14.0 Å². The van der Waals surface area contributed by atoms with E-state index < -0.39 is 0 Å². The highest BCUT2D eigenvalue weighted by molar-refractivity contribution is 6.02. The van der Waals surface area contributed by atoms with Crippen molar-refractivity contribution in [2.24, 2.45) is 0 Å². The molecule has 0 spiro atoms. The van der Waals surface area contributed by atoms with Gasteiger partial charge in [-0.1, -0.05) is 11.2 Å². The molecule has 0 atom stereocenters. The van der Waals surface area contributed by atoms with Crippen molar-refractivity contribution in [1.29, 1.82) is 0 Å². The number of fused-ring (bicyclic) bond motifs is 1. The summed E-state index contributed by atoms with van der Waals surface area (Å²) >= 11 is 0. The Bertz CT molecular complexity index is 936. The SMILES string of the molecule is Cc1cccc(NC(=O)c2cc(-c3ccc4c(c3)OCCO4)on2)n1. The molecular weight excluding hydrogens is 322 g/mol. The lowest BCUT2D eigenvalue weighted by Gasteiger charge is -2.18. The van der Waals surface area contributed by atoms with Gasteiger partial charge in [0.2, 0.25) is 0 Å². The van der Waals surface area contributed by atoms with Crippen LogP contribution in [0.3, 0.4) is 0 Å². The van der Waals surface area contributed by atoms with Gasteiger partial charge in [-0.25, -0.2) is 4.98 Å². The molecule has 1 amide bonds. The molecule has 7 nitrogen and oxygen atoms in total. The molecule has 0 unspecified atom stereocenters. The monoisotopic (exact) mass is 337 g/mol. The number of ether oxygens (including phenoxy) is 2. The Balaban J connectivity index is 1.54. The van der Waals surface area contributed by atoms with Gasteiger partial charge in [-0.3, -0.25) is 4.79 Å². The van der Waals surface area contributed by atoms with Gasteiger partial charge in [-0.2, -0.15) is 0 Å². The topological polar surface area (TPSA) is 86.5 Å². The lowest BCUT2D eigenvalue weighted by atomic mass is 10.1. The predicted molar refractivity (Wildman–Crippen MR) is 89.9 cm³/mol. The van der Waals surface area contributed by atoms with E-state index in [9.17, 15) is 4.79 Å². The molecule has 25 heavy (non-hydrogen) atoms. The molecule has 1 N–H and O–H groups in total. The summed E-state index contributed by atoms with van der Waals surface area (Å²) < 4.78 is 16.3. The first-order valence-corrected chi connectivity index (χ1v) is 7.81. The first-order chi connectivity index (χ1) is 12.2. The Labute approximate surface area is 143 Å². The van der Waals surface area contributed by atoms with Gasteiger partial charge in [0.05, 0.1) is 0 Å². The molecule has 3 heterocycles. The molecule has 3 aromatic rings. The second-order valence-electron chi connectivity index (χ2n) is 5.55. The smallest absolute Gasteiger partial charge is 0.279 e. The summed E-state index contributed by atoms with van der Waals surface area (Å²) in [6.07, 6.45) is 0. The van der Waals surface area contributed by atoms with E-state index in [1.165, 1.54) is 0 Å². The largest absolute Gasteiger partial charge is 0.486 e. The molecular formula is C18H15N3O4. The second-order valence-corrected chi connectivity index (χ2v) is 5.55. The zero-order valence-electron chi connectivity index (χ0n) is 13.5. The third-order valence-electron chi connectivity index (χ3n) is 3.70. The Morgan fingerprint density at radius 3 is 2.76 bits per heavy atom. The normalized spacial score (nSPS) is 12.7. The molecule has 1 aromatic carbocycles. The van der Waals surface area contributed by atoms with Gasteiger partial charge in [0.25, 0.3) is 5.91 Å². The highest BCUT2D eigenvalue weighted by Gasteiger charge is 2.17. The van der Waals surface area contributed by atoms with Crippen LogP contribution >= 0.6 is 0 Å². The highest BCUT2D eigenvalue weighted by atomic mass is 16.6. The van der Waals surface area contributed by atoms with Crippen molar-refractivity contribution < 1.29 is 18.8 Å². The average Bonchev–Trinajstić information content (AvgIpc) is 3.12. The van der Waals surface area contributed by atoms with E-state index in [1.807, 2.05) is 31.2 Å². The Morgan fingerprint density at radius 2 is 1.92 bits per heavy atom. The number of pyridine rings is 1. The van der Waals surface area contributed by atoms with Crippen LogP contribution in [0.4, 0.5) is 5.82 Å². The van der Waals surface area contributed by atoms with Crippen molar-refractivity contribution >= 4 is 11.7 Å². The maximum absolute atomic E-state index is 12.3. The van der Waals surface area contributed by atoms with E-state index in [0.717, 1.165) is 11.3 Å². The van der Waals surface area contributed by atoms with Gasteiger partial charge in [0.1, 0.15) is 19.0 Å². The minimum atomic E-state index is -0.384. The third kappa shape index (κ3) is 3.16. The van der Waals surface area contributed by atoms with Crippen molar-refractivity contribution in [1.82, 2.24) is 10.1 Å². The fraction of sp³-hybridized carbons (Fsp3) is 0.167. The number of aromatic nitrogens is 2. The van der Waals surface area contributed by atoms with Crippen molar-refractivity contribution in [3.8, 4) is 22.8 Å². The summed E-state index contributed by atoms with van der Waals surface area (Å²) in [5, 5.41) is 6.53. The predicted octanol–water partition coefficient (Wildman–Crippen LogP) is 3.07. The number of anilines is 1. The first kappa shape index (κ1) is 15.2. The number of amides is 1. The first-order valence-electron chi connectivity index (χ1n) is 7.81. The average molecular weight is 337 g/mol. The summed E-state index contributed by atoms with van der Waals surface area (Å²) in [6.45, 7) is 2.89. The van der Waals surface area contributed by atoms with Crippen LogP contribution in [-0.2, 0) is 0 Å². The number of hydrogen-bond donors (Lipinski definition) is 1. The van der Waals surface area contributed by atoms with E-state index >= 15 is 0 Å². The summed E-state index contributed by atoms with van der Waals surface area (Å²) in [4.78, 5) is 16.5. The van der Waals surface area contributed by atoms with Crippen LogP contribution in [-0.4, -0.2) is 29.3 Å². The van der Waals surface area contributed by atoms with E-state index in [2.05, 4.69) is 15.5 Å². The van der Waals surface area contributed by atoms with Gasteiger partial charge in [0, 0.05) is 17.3 Å². The molecule has 126 valence electrons. The fourth-order valence-electron chi connectivity index (χ4n) is 2.51. The summed E-state index contributed by atoms with van der Waals surface area (Å²) in [5.74, 6) is 1.90. The molecule has 0 fully saturated rings. The number of nitrogens with zero attached hydrogens (tertiary/aromatic N) is 2. The lowest BCUT2D eigenvalue weighted by Crippen LogP contribution is -2.15. The van der Waals surface area contributed by atoms with Crippen LogP contribution < -0.4 is 14.8 Å². The highest BCUT2D eigenvalue weighted by Crippen LogP contribution is 2.34. The van der Waals surface area contributed by atoms with Crippen LogP contribution in [0.15, 0.2) is 47.0 Å². The molecule has 0 saturated heterocycles. The van der Waals surface area contributed by atoms with Gasteiger partial charge in [-0.05, 0) is 37.3 Å². The van der Waals surface area contributed by atoms with Crippen LogP contribution in [0.1, 0.15) is 16.2 Å². The Hall–Kier alpha value is -3.35. The summed E-state index contributed by atoms with van der Waals surface area (Å²) in [7, 11) is 0. The van der Waals surface area contributed by atoms with Gasteiger partial charge >= 0.3 is 0 Å². The van der Waals surface area contributed by atoms with Crippen LogP contribution in [0, 0.1) is 6.92 Å². The number of nitrogens with one attached hydrogen (secondary N) is 1. The van der Waals surface area contributed by atoms with Gasteiger partial charge in [0.15, 0.2) is 23.0 Å². The number of rotatable bonds is 3. The Morgan fingerprint density at radius 1 is 1.08 bits per heavy atom. The molecule has 2 aromatic heterocycles. The molecule has 4 rings (SSSR count).